The minimum atomic E-state index is -3.48. The van der Waals surface area contributed by atoms with Gasteiger partial charge >= 0.3 is 0 Å². The van der Waals surface area contributed by atoms with Gasteiger partial charge in [0.05, 0.1) is 4.90 Å². The molecule has 0 unspecified atom stereocenters. The van der Waals surface area contributed by atoms with Crippen LogP contribution in [0.2, 0.25) is 5.02 Å². The van der Waals surface area contributed by atoms with Crippen LogP contribution in [0.4, 0.5) is 0 Å². The van der Waals surface area contributed by atoms with Gasteiger partial charge in [-0.25, -0.2) is 8.42 Å². The van der Waals surface area contributed by atoms with Gasteiger partial charge in [-0.3, -0.25) is 4.90 Å². The Labute approximate surface area is 155 Å². The molecular formula is C19H23ClN2O2S. The van der Waals surface area contributed by atoms with Crippen molar-refractivity contribution in [1.29, 1.82) is 0 Å². The summed E-state index contributed by atoms with van der Waals surface area (Å²) in [7, 11) is -3.48. The first-order chi connectivity index (χ1) is 11.9. The van der Waals surface area contributed by atoms with E-state index in [1.807, 2.05) is 25.1 Å². The molecule has 134 valence electrons. The second kappa shape index (κ2) is 7.46. The molecule has 1 heterocycles. The lowest BCUT2D eigenvalue weighted by molar-refractivity contribution is 0.181. The Bertz CT molecular complexity index is 845. The Morgan fingerprint density at radius 3 is 2.24 bits per heavy atom. The predicted octanol–water partition coefficient (Wildman–Crippen LogP) is 3.46. The highest BCUT2D eigenvalue weighted by Gasteiger charge is 2.29. The molecule has 0 N–H and O–H groups in total. The zero-order chi connectivity index (χ0) is 18.0. The molecule has 0 aromatic heterocycles. The van der Waals surface area contributed by atoms with Gasteiger partial charge in [-0.1, -0.05) is 41.9 Å². The maximum Gasteiger partial charge on any atom is 0.243 e. The number of benzene rings is 2. The first-order valence-corrected chi connectivity index (χ1v) is 10.2. The fourth-order valence-corrected chi connectivity index (χ4v) is 5.07. The highest BCUT2D eigenvalue weighted by atomic mass is 35.5. The first kappa shape index (κ1) is 18.4. The van der Waals surface area contributed by atoms with E-state index in [2.05, 4.69) is 17.0 Å². The Morgan fingerprint density at radius 1 is 0.960 bits per heavy atom. The molecular weight excluding hydrogens is 356 g/mol. The van der Waals surface area contributed by atoms with Crippen LogP contribution >= 0.6 is 11.6 Å². The zero-order valence-corrected chi connectivity index (χ0v) is 16.1. The SMILES string of the molecule is Cc1cc(S(=O)(=O)N2CCN(Cc3ccccc3)CC2)c(C)cc1Cl. The van der Waals surface area contributed by atoms with Crippen molar-refractivity contribution in [3.63, 3.8) is 0 Å². The van der Waals surface area contributed by atoms with Crippen LogP contribution in [0.15, 0.2) is 47.4 Å². The summed E-state index contributed by atoms with van der Waals surface area (Å²) in [5.41, 5.74) is 2.74. The highest BCUT2D eigenvalue weighted by molar-refractivity contribution is 7.89. The summed E-state index contributed by atoms with van der Waals surface area (Å²) in [5, 5.41) is 0.601. The zero-order valence-electron chi connectivity index (χ0n) is 14.6. The largest absolute Gasteiger partial charge is 0.296 e. The summed E-state index contributed by atoms with van der Waals surface area (Å²) >= 11 is 6.10. The van der Waals surface area contributed by atoms with E-state index in [1.165, 1.54) is 5.56 Å². The second-order valence-electron chi connectivity index (χ2n) is 6.53. The van der Waals surface area contributed by atoms with Crippen LogP contribution in [0, 0.1) is 13.8 Å². The smallest absolute Gasteiger partial charge is 0.243 e. The minimum absolute atomic E-state index is 0.367. The van der Waals surface area contributed by atoms with Gasteiger partial charge in [-0.05, 0) is 42.7 Å². The molecule has 3 rings (SSSR count). The van der Waals surface area contributed by atoms with Crippen LogP contribution in [0.25, 0.3) is 0 Å². The number of aryl methyl sites for hydroxylation is 2. The van der Waals surface area contributed by atoms with Crippen LogP contribution in [-0.2, 0) is 16.6 Å². The monoisotopic (exact) mass is 378 g/mol. The molecule has 0 bridgehead atoms. The van der Waals surface area contributed by atoms with Crippen LogP contribution in [0.3, 0.4) is 0 Å². The second-order valence-corrected chi connectivity index (χ2v) is 8.85. The molecule has 0 atom stereocenters. The molecule has 2 aromatic carbocycles. The van der Waals surface area contributed by atoms with Crippen molar-refractivity contribution in [3.8, 4) is 0 Å². The van der Waals surface area contributed by atoms with Crippen LogP contribution in [0.1, 0.15) is 16.7 Å². The normalized spacial score (nSPS) is 16.9. The van der Waals surface area contributed by atoms with Crippen LogP contribution in [-0.4, -0.2) is 43.8 Å². The Hall–Kier alpha value is -1.40. The molecule has 0 aliphatic carbocycles. The molecule has 1 aliphatic heterocycles. The van der Waals surface area contributed by atoms with Crippen molar-refractivity contribution >= 4 is 21.6 Å². The van der Waals surface area contributed by atoms with E-state index in [0.29, 0.717) is 28.6 Å². The molecule has 4 nitrogen and oxygen atoms in total. The Kier molecular flexibility index (Phi) is 5.49. The molecule has 0 radical (unpaired) electrons. The van der Waals surface area contributed by atoms with Crippen molar-refractivity contribution < 1.29 is 8.42 Å². The number of hydrogen-bond donors (Lipinski definition) is 0. The number of nitrogens with zero attached hydrogens (tertiary/aromatic N) is 2. The van der Waals surface area contributed by atoms with Gasteiger partial charge in [0.15, 0.2) is 0 Å². The predicted molar refractivity (Wildman–Crippen MR) is 101 cm³/mol. The summed E-state index contributed by atoms with van der Waals surface area (Å²) in [4.78, 5) is 2.66. The summed E-state index contributed by atoms with van der Waals surface area (Å²) in [6.45, 7) is 6.97. The average Bonchev–Trinajstić information content (AvgIpc) is 2.59. The van der Waals surface area contributed by atoms with E-state index < -0.39 is 10.0 Å². The fourth-order valence-electron chi connectivity index (χ4n) is 3.14. The van der Waals surface area contributed by atoms with Crippen molar-refractivity contribution in [3.05, 3.63) is 64.2 Å². The molecule has 25 heavy (non-hydrogen) atoms. The van der Waals surface area contributed by atoms with Gasteiger partial charge < -0.3 is 0 Å². The third-order valence-corrected chi connectivity index (χ3v) is 7.10. The van der Waals surface area contributed by atoms with E-state index >= 15 is 0 Å². The lowest BCUT2D eigenvalue weighted by Gasteiger charge is -2.34. The number of halogens is 1. The van der Waals surface area contributed by atoms with Gasteiger partial charge in [0, 0.05) is 37.7 Å². The highest BCUT2D eigenvalue weighted by Crippen LogP contribution is 2.27. The van der Waals surface area contributed by atoms with Gasteiger partial charge in [0.25, 0.3) is 0 Å². The van der Waals surface area contributed by atoms with Crippen LogP contribution in [0.5, 0.6) is 0 Å². The number of sulfonamides is 1. The van der Waals surface area contributed by atoms with Crippen molar-refractivity contribution in [2.45, 2.75) is 25.3 Å². The van der Waals surface area contributed by atoms with Crippen molar-refractivity contribution in [2.24, 2.45) is 0 Å². The number of rotatable bonds is 4. The summed E-state index contributed by atoms with van der Waals surface area (Å²) in [5.74, 6) is 0. The van der Waals surface area contributed by atoms with Gasteiger partial charge in [-0.2, -0.15) is 4.31 Å². The lowest BCUT2D eigenvalue weighted by atomic mass is 10.2. The molecule has 1 aliphatic rings. The molecule has 1 saturated heterocycles. The molecule has 6 heteroatoms. The van der Waals surface area contributed by atoms with Crippen molar-refractivity contribution in [2.75, 3.05) is 26.2 Å². The summed E-state index contributed by atoms with van der Waals surface area (Å²) in [6.07, 6.45) is 0. The molecule has 1 fully saturated rings. The summed E-state index contributed by atoms with van der Waals surface area (Å²) < 4.78 is 27.6. The average molecular weight is 379 g/mol. The van der Waals surface area contributed by atoms with Gasteiger partial charge in [0.2, 0.25) is 10.0 Å². The minimum Gasteiger partial charge on any atom is -0.296 e. The third-order valence-electron chi connectivity index (χ3n) is 4.65. The quantitative estimate of drug-likeness (QED) is 0.818. The number of piperazine rings is 1. The fraction of sp³-hybridized carbons (Fsp3) is 0.368. The maximum absolute atomic E-state index is 13.0. The van der Waals surface area contributed by atoms with Gasteiger partial charge in [-0.15, -0.1) is 0 Å². The first-order valence-electron chi connectivity index (χ1n) is 8.41. The Morgan fingerprint density at radius 2 is 1.60 bits per heavy atom. The van der Waals surface area contributed by atoms with E-state index in [1.54, 1.807) is 23.4 Å². The molecule has 2 aromatic rings. The van der Waals surface area contributed by atoms with E-state index in [9.17, 15) is 8.42 Å². The van der Waals surface area contributed by atoms with E-state index in [4.69, 9.17) is 11.6 Å². The Balaban J connectivity index is 1.71. The molecule has 0 spiro atoms. The molecule has 0 amide bonds. The number of hydrogen-bond acceptors (Lipinski definition) is 3. The topological polar surface area (TPSA) is 40.6 Å². The van der Waals surface area contributed by atoms with Crippen molar-refractivity contribution in [1.82, 2.24) is 9.21 Å². The lowest BCUT2D eigenvalue weighted by Crippen LogP contribution is -2.48. The summed E-state index contributed by atoms with van der Waals surface area (Å²) in [6, 6.07) is 13.7. The maximum atomic E-state index is 13.0. The van der Waals surface area contributed by atoms with E-state index in [0.717, 1.165) is 25.2 Å². The standard InChI is InChI=1S/C19H23ClN2O2S/c1-15-13-19(16(2)12-18(15)20)25(23,24)22-10-8-21(9-11-22)14-17-6-4-3-5-7-17/h3-7,12-13H,8-11,14H2,1-2H3. The van der Waals surface area contributed by atoms with Crippen LogP contribution < -0.4 is 0 Å². The molecule has 0 saturated carbocycles. The van der Waals surface area contributed by atoms with E-state index in [-0.39, 0.29) is 0 Å². The third kappa shape index (κ3) is 4.06. The van der Waals surface area contributed by atoms with Gasteiger partial charge in [0.1, 0.15) is 0 Å².